The Balaban J connectivity index is 2.09. The van der Waals surface area contributed by atoms with E-state index in [0.717, 1.165) is 16.6 Å². The molecule has 5 nitrogen and oxygen atoms in total. The lowest BCUT2D eigenvalue weighted by Crippen LogP contribution is -2.32. The molecule has 104 valence electrons. The molecule has 0 aliphatic heterocycles. The van der Waals surface area contributed by atoms with E-state index < -0.39 is 5.91 Å². The second-order valence-corrected chi connectivity index (χ2v) is 5.25. The second-order valence-electron chi connectivity index (χ2n) is 5.25. The molecular weight excluding hydrogens is 252 g/mol. The van der Waals surface area contributed by atoms with Crippen LogP contribution in [0.25, 0.3) is 10.9 Å². The van der Waals surface area contributed by atoms with Crippen molar-refractivity contribution in [1.29, 1.82) is 0 Å². The molecule has 3 rings (SSSR count). The van der Waals surface area contributed by atoms with Gasteiger partial charge < -0.3 is 16.8 Å². The first-order valence-corrected chi connectivity index (χ1v) is 6.85. The third-order valence-electron chi connectivity index (χ3n) is 3.82. The fourth-order valence-electron chi connectivity index (χ4n) is 2.54. The third kappa shape index (κ3) is 2.32. The number of hydrogen-bond donors (Lipinski definition) is 3. The molecule has 1 aromatic heterocycles. The molecule has 1 amide bonds. The molecule has 1 aromatic carbocycles. The summed E-state index contributed by atoms with van der Waals surface area (Å²) in [4.78, 5) is 15.9. The minimum atomic E-state index is -0.475. The van der Waals surface area contributed by atoms with Crippen molar-refractivity contribution >= 4 is 22.5 Å². The number of primary amides is 1. The molecule has 0 spiro atoms. The van der Waals surface area contributed by atoms with Crippen LogP contribution in [0.1, 0.15) is 23.2 Å². The second kappa shape index (κ2) is 5.09. The van der Waals surface area contributed by atoms with Crippen LogP contribution in [0.4, 0.5) is 5.69 Å². The monoisotopic (exact) mass is 270 g/mol. The maximum absolute atomic E-state index is 11.6. The van der Waals surface area contributed by atoms with Crippen LogP contribution in [0.3, 0.4) is 0 Å². The Kier molecular flexibility index (Phi) is 3.28. The van der Waals surface area contributed by atoms with Crippen molar-refractivity contribution in [3.05, 3.63) is 36.0 Å². The fourth-order valence-corrected chi connectivity index (χ4v) is 2.54. The van der Waals surface area contributed by atoms with Crippen molar-refractivity contribution in [2.24, 2.45) is 17.4 Å². The molecule has 1 heterocycles. The van der Waals surface area contributed by atoms with Gasteiger partial charge in [-0.2, -0.15) is 0 Å². The van der Waals surface area contributed by atoms with Gasteiger partial charge in [-0.05, 0) is 24.8 Å². The number of nitrogens with one attached hydrogen (secondary N) is 1. The molecule has 5 heteroatoms. The van der Waals surface area contributed by atoms with Gasteiger partial charge in [0.05, 0.1) is 16.8 Å². The topological polar surface area (TPSA) is 94.0 Å². The van der Waals surface area contributed by atoms with E-state index in [0.29, 0.717) is 18.0 Å². The molecule has 2 aromatic rings. The number of nitrogens with two attached hydrogens (primary N) is 2. The lowest BCUT2D eigenvalue weighted by atomic mass is 10.1. The number of pyridine rings is 1. The van der Waals surface area contributed by atoms with E-state index in [1.165, 1.54) is 19.0 Å². The van der Waals surface area contributed by atoms with Gasteiger partial charge in [0.25, 0.3) is 5.91 Å². The summed E-state index contributed by atoms with van der Waals surface area (Å²) in [6.07, 6.45) is 3.90. The van der Waals surface area contributed by atoms with Crippen molar-refractivity contribution in [1.82, 2.24) is 4.98 Å². The predicted molar refractivity (Wildman–Crippen MR) is 79.5 cm³/mol. The largest absolute Gasteiger partial charge is 0.380 e. The minimum Gasteiger partial charge on any atom is -0.380 e. The van der Waals surface area contributed by atoms with Crippen LogP contribution >= 0.6 is 0 Å². The Morgan fingerprint density at radius 2 is 2.15 bits per heavy atom. The quantitative estimate of drug-likeness (QED) is 0.767. The molecule has 1 atom stereocenters. The van der Waals surface area contributed by atoms with Crippen LogP contribution in [0.5, 0.6) is 0 Å². The number of carbonyl (C=O) groups excluding carboxylic acids is 1. The summed E-state index contributed by atoms with van der Waals surface area (Å²) < 4.78 is 0. The van der Waals surface area contributed by atoms with Gasteiger partial charge in [-0.3, -0.25) is 9.78 Å². The highest BCUT2D eigenvalue weighted by Gasteiger charge is 2.31. The van der Waals surface area contributed by atoms with Crippen LogP contribution in [0.15, 0.2) is 30.5 Å². The van der Waals surface area contributed by atoms with Crippen LogP contribution in [-0.2, 0) is 0 Å². The highest BCUT2D eigenvalue weighted by atomic mass is 16.1. The molecule has 1 aliphatic rings. The molecule has 1 unspecified atom stereocenters. The van der Waals surface area contributed by atoms with Crippen molar-refractivity contribution < 1.29 is 4.79 Å². The Morgan fingerprint density at radius 1 is 1.40 bits per heavy atom. The molecule has 1 fully saturated rings. The number of rotatable bonds is 5. The van der Waals surface area contributed by atoms with Gasteiger partial charge in [0.15, 0.2) is 0 Å². The van der Waals surface area contributed by atoms with Crippen LogP contribution in [0, 0.1) is 5.92 Å². The summed E-state index contributed by atoms with van der Waals surface area (Å²) in [7, 11) is 0. The number of nitrogens with zero attached hydrogens (tertiary/aromatic N) is 1. The van der Waals surface area contributed by atoms with Gasteiger partial charge in [-0.25, -0.2) is 0 Å². The third-order valence-corrected chi connectivity index (χ3v) is 3.82. The van der Waals surface area contributed by atoms with Gasteiger partial charge >= 0.3 is 0 Å². The number of amides is 1. The number of aromatic nitrogens is 1. The summed E-state index contributed by atoms with van der Waals surface area (Å²) in [6, 6.07) is 7.88. The van der Waals surface area contributed by atoms with Gasteiger partial charge in [0, 0.05) is 24.2 Å². The van der Waals surface area contributed by atoms with Crippen molar-refractivity contribution in [2.75, 3.05) is 11.9 Å². The van der Waals surface area contributed by atoms with Crippen molar-refractivity contribution in [2.45, 2.75) is 18.9 Å². The summed E-state index contributed by atoms with van der Waals surface area (Å²) in [6.45, 7) is 0.541. The molecule has 1 saturated carbocycles. The first-order valence-electron chi connectivity index (χ1n) is 6.85. The molecule has 0 saturated heterocycles. The number of carbonyl (C=O) groups is 1. The highest BCUT2D eigenvalue weighted by Crippen LogP contribution is 2.35. The lowest BCUT2D eigenvalue weighted by molar-refractivity contribution is 0.100. The zero-order chi connectivity index (χ0) is 14.1. The van der Waals surface area contributed by atoms with E-state index in [1.54, 1.807) is 0 Å². The Bertz CT molecular complexity index is 651. The van der Waals surface area contributed by atoms with Gasteiger partial charge in [0.2, 0.25) is 0 Å². The molecule has 20 heavy (non-hydrogen) atoms. The highest BCUT2D eigenvalue weighted by molar-refractivity contribution is 6.06. The van der Waals surface area contributed by atoms with E-state index in [2.05, 4.69) is 10.3 Å². The molecule has 5 N–H and O–H groups in total. The number of benzene rings is 1. The Labute approximate surface area is 117 Å². The van der Waals surface area contributed by atoms with Gasteiger partial charge in [-0.1, -0.05) is 18.2 Å². The normalized spacial score (nSPS) is 16.1. The van der Waals surface area contributed by atoms with Crippen molar-refractivity contribution in [3.63, 3.8) is 0 Å². The van der Waals surface area contributed by atoms with E-state index >= 15 is 0 Å². The standard InChI is InChI=1S/C15H18N4O/c16-7-13(9-5-6-9)19-14-10-3-1-2-4-12(10)18-8-11(14)15(17)20/h1-4,8-9,13H,5-7,16H2,(H2,17,20)(H,18,19). The SMILES string of the molecule is NCC(Nc1c(C(N)=O)cnc2ccccc12)C1CC1. The van der Waals surface area contributed by atoms with E-state index in [1.807, 2.05) is 24.3 Å². The van der Waals surface area contributed by atoms with E-state index in [4.69, 9.17) is 11.5 Å². The summed E-state index contributed by atoms with van der Waals surface area (Å²) in [5.74, 6) is 0.116. The Hall–Kier alpha value is -2.14. The maximum atomic E-state index is 11.6. The molecule has 0 bridgehead atoms. The molecular formula is C15H18N4O. The average molecular weight is 270 g/mol. The first-order chi connectivity index (χ1) is 9.70. The lowest BCUT2D eigenvalue weighted by Gasteiger charge is -2.20. The van der Waals surface area contributed by atoms with Crippen molar-refractivity contribution in [3.8, 4) is 0 Å². The summed E-state index contributed by atoms with van der Waals surface area (Å²) >= 11 is 0. The van der Waals surface area contributed by atoms with Gasteiger partial charge in [-0.15, -0.1) is 0 Å². The number of fused-ring (bicyclic) bond motifs is 1. The Morgan fingerprint density at radius 3 is 2.80 bits per heavy atom. The van der Waals surface area contributed by atoms with Crippen LogP contribution < -0.4 is 16.8 Å². The fraction of sp³-hybridized carbons (Fsp3) is 0.333. The number of anilines is 1. The molecule has 1 aliphatic carbocycles. The number of hydrogen-bond acceptors (Lipinski definition) is 4. The number of para-hydroxylation sites is 1. The maximum Gasteiger partial charge on any atom is 0.252 e. The van der Waals surface area contributed by atoms with Gasteiger partial charge in [0.1, 0.15) is 0 Å². The van der Waals surface area contributed by atoms with Crippen LogP contribution in [-0.4, -0.2) is 23.5 Å². The minimum absolute atomic E-state index is 0.180. The van der Waals surface area contributed by atoms with E-state index in [-0.39, 0.29) is 6.04 Å². The smallest absolute Gasteiger partial charge is 0.252 e. The summed E-state index contributed by atoms with van der Waals surface area (Å²) in [5.41, 5.74) is 13.3. The zero-order valence-electron chi connectivity index (χ0n) is 11.2. The zero-order valence-corrected chi connectivity index (χ0v) is 11.2. The van der Waals surface area contributed by atoms with Crippen LogP contribution in [0.2, 0.25) is 0 Å². The predicted octanol–water partition coefficient (Wildman–Crippen LogP) is 1.48. The average Bonchev–Trinajstić information content (AvgIpc) is 3.28. The molecule has 0 radical (unpaired) electrons. The summed E-state index contributed by atoms with van der Waals surface area (Å²) in [5, 5.41) is 4.32. The van der Waals surface area contributed by atoms with E-state index in [9.17, 15) is 4.79 Å². The first kappa shape index (κ1) is 12.9.